The zero-order valence-corrected chi connectivity index (χ0v) is 12.7. The van der Waals surface area contributed by atoms with Gasteiger partial charge in [0.25, 0.3) is 0 Å². The number of nitrogens with two attached hydrogens (primary N) is 1. The Labute approximate surface area is 134 Å². The first-order valence-corrected chi connectivity index (χ1v) is 7.68. The van der Waals surface area contributed by atoms with Gasteiger partial charge in [0.15, 0.2) is 5.82 Å². The molecule has 2 fully saturated rings. The Bertz CT molecular complexity index is 732. The summed E-state index contributed by atoms with van der Waals surface area (Å²) >= 11 is 0. The molecule has 23 heavy (non-hydrogen) atoms. The van der Waals surface area contributed by atoms with E-state index in [-0.39, 0.29) is 11.4 Å². The van der Waals surface area contributed by atoms with Crippen LogP contribution in [0.2, 0.25) is 0 Å². The number of nitrogens with zero attached hydrogens (tertiary/aromatic N) is 3. The Kier molecular flexibility index (Phi) is 3.32. The number of hydrogen-bond donors (Lipinski definition) is 3. The number of aromatic nitrogens is 2. The van der Waals surface area contributed by atoms with Gasteiger partial charge in [-0.15, -0.1) is 10.2 Å². The minimum absolute atomic E-state index is 0.122. The van der Waals surface area contributed by atoms with Gasteiger partial charge < -0.3 is 25.8 Å². The van der Waals surface area contributed by atoms with Crippen molar-refractivity contribution in [2.75, 3.05) is 43.4 Å². The molecule has 0 saturated carbocycles. The summed E-state index contributed by atoms with van der Waals surface area (Å²) in [6.45, 7) is 3.91. The molecule has 0 amide bonds. The molecule has 2 saturated heterocycles. The Hall–Kier alpha value is -2.38. The van der Waals surface area contributed by atoms with Crippen molar-refractivity contribution >= 4 is 11.5 Å². The lowest BCUT2D eigenvalue weighted by Gasteiger charge is -2.49. The number of ether oxygens (including phenoxy) is 1. The van der Waals surface area contributed by atoms with E-state index in [1.807, 2.05) is 18.2 Å². The average Bonchev–Trinajstić information content (AvgIpc) is 2.55. The number of nitrogen functional groups attached to an aromatic ring is 1. The van der Waals surface area contributed by atoms with E-state index in [1.165, 1.54) is 0 Å². The van der Waals surface area contributed by atoms with Crippen LogP contribution in [0.3, 0.4) is 0 Å². The van der Waals surface area contributed by atoms with E-state index in [4.69, 9.17) is 10.5 Å². The molecule has 4 N–H and O–H groups in total. The van der Waals surface area contributed by atoms with Crippen molar-refractivity contribution in [1.82, 2.24) is 15.5 Å². The molecule has 120 valence electrons. The smallest absolute Gasteiger partial charge is 0.169 e. The molecule has 1 aromatic carbocycles. The van der Waals surface area contributed by atoms with Crippen molar-refractivity contribution in [3.8, 4) is 17.0 Å². The molecule has 0 bridgehead atoms. The van der Waals surface area contributed by atoms with Gasteiger partial charge >= 0.3 is 0 Å². The average molecular weight is 313 g/mol. The van der Waals surface area contributed by atoms with Crippen LogP contribution >= 0.6 is 0 Å². The Balaban J connectivity index is 1.68. The molecule has 1 aromatic heterocycles. The highest BCUT2D eigenvalue weighted by Gasteiger charge is 2.42. The van der Waals surface area contributed by atoms with Gasteiger partial charge in [0, 0.05) is 31.7 Å². The number of rotatable bonds is 2. The maximum atomic E-state index is 10.0. The number of benzene rings is 1. The standard InChI is InChI=1S/C16H19N5O2/c17-15-13(21-5-6-23-16(10-21)8-18-9-16)7-12(19-20-15)11-3-1-2-4-14(11)22/h1-4,7,18,22H,5-6,8-10H2,(H2,17,20). The van der Waals surface area contributed by atoms with Crippen molar-refractivity contribution in [3.05, 3.63) is 30.3 Å². The second-order valence-electron chi connectivity index (χ2n) is 6.07. The molecule has 4 rings (SSSR count). The van der Waals surface area contributed by atoms with E-state index < -0.39 is 0 Å². The van der Waals surface area contributed by atoms with Crippen molar-refractivity contribution in [2.45, 2.75) is 5.60 Å². The number of hydrogen-bond acceptors (Lipinski definition) is 7. The zero-order chi connectivity index (χ0) is 15.9. The summed E-state index contributed by atoms with van der Waals surface area (Å²) in [6.07, 6.45) is 0. The molecular formula is C16H19N5O2. The highest BCUT2D eigenvalue weighted by atomic mass is 16.5. The number of para-hydroxylation sites is 1. The van der Waals surface area contributed by atoms with Gasteiger partial charge in [-0.05, 0) is 18.2 Å². The number of aromatic hydroxyl groups is 1. The second-order valence-corrected chi connectivity index (χ2v) is 6.07. The molecular weight excluding hydrogens is 294 g/mol. The molecule has 2 aliphatic rings. The van der Waals surface area contributed by atoms with Gasteiger partial charge in [-0.25, -0.2) is 0 Å². The Morgan fingerprint density at radius 2 is 2.09 bits per heavy atom. The zero-order valence-electron chi connectivity index (χ0n) is 12.7. The van der Waals surface area contributed by atoms with Crippen molar-refractivity contribution in [1.29, 1.82) is 0 Å². The minimum atomic E-state index is -0.122. The fourth-order valence-electron chi connectivity index (χ4n) is 3.13. The van der Waals surface area contributed by atoms with Gasteiger partial charge in [-0.3, -0.25) is 0 Å². The van der Waals surface area contributed by atoms with Gasteiger partial charge in [0.05, 0.1) is 18.0 Å². The molecule has 0 atom stereocenters. The molecule has 1 spiro atoms. The maximum absolute atomic E-state index is 10.0. The Morgan fingerprint density at radius 3 is 2.83 bits per heavy atom. The molecule has 0 unspecified atom stereocenters. The van der Waals surface area contributed by atoms with Gasteiger partial charge in [-0.1, -0.05) is 12.1 Å². The van der Waals surface area contributed by atoms with Gasteiger partial charge in [0.1, 0.15) is 11.4 Å². The lowest BCUT2D eigenvalue weighted by atomic mass is 9.94. The molecule has 2 aliphatic heterocycles. The summed E-state index contributed by atoms with van der Waals surface area (Å²) in [5.74, 6) is 0.577. The third-order valence-electron chi connectivity index (χ3n) is 4.46. The normalized spacial score (nSPS) is 19.6. The maximum Gasteiger partial charge on any atom is 0.169 e. The summed E-state index contributed by atoms with van der Waals surface area (Å²) in [5, 5.41) is 21.5. The van der Waals surface area contributed by atoms with Crippen LogP contribution < -0.4 is 16.0 Å². The number of phenolic OH excluding ortho intramolecular Hbond substituents is 1. The number of phenols is 1. The molecule has 7 nitrogen and oxygen atoms in total. The van der Waals surface area contributed by atoms with Crippen LogP contribution in [0.5, 0.6) is 5.75 Å². The number of morpholine rings is 1. The van der Waals surface area contributed by atoms with Crippen molar-refractivity contribution in [3.63, 3.8) is 0 Å². The van der Waals surface area contributed by atoms with Crippen LogP contribution in [0, 0.1) is 0 Å². The topological polar surface area (TPSA) is 96.5 Å². The minimum Gasteiger partial charge on any atom is -0.507 e. The fourth-order valence-corrected chi connectivity index (χ4v) is 3.13. The third-order valence-corrected chi connectivity index (χ3v) is 4.46. The SMILES string of the molecule is Nc1nnc(-c2ccccc2O)cc1N1CCOC2(CNC2)C1. The van der Waals surface area contributed by atoms with Crippen LogP contribution in [0.15, 0.2) is 30.3 Å². The highest BCUT2D eigenvalue weighted by molar-refractivity contribution is 5.74. The lowest BCUT2D eigenvalue weighted by Crippen LogP contribution is -2.69. The van der Waals surface area contributed by atoms with Crippen LogP contribution in [-0.4, -0.2) is 53.7 Å². The summed E-state index contributed by atoms with van der Waals surface area (Å²) in [6, 6.07) is 8.98. The quantitative estimate of drug-likeness (QED) is 0.747. The van der Waals surface area contributed by atoms with Crippen molar-refractivity contribution < 1.29 is 9.84 Å². The number of anilines is 2. The predicted octanol–water partition coefficient (Wildman–Crippen LogP) is 0.610. The lowest BCUT2D eigenvalue weighted by molar-refractivity contribution is -0.0881. The first-order valence-electron chi connectivity index (χ1n) is 7.68. The molecule has 0 aliphatic carbocycles. The van der Waals surface area contributed by atoms with Crippen LogP contribution in [0.4, 0.5) is 11.5 Å². The second kappa shape index (κ2) is 5.36. The monoisotopic (exact) mass is 313 g/mol. The van der Waals surface area contributed by atoms with Crippen LogP contribution in [-0.2, 0) is 4.74 Å². The molecule has 3 heterocycles. The first-order chi connectivity index (χ1) is 11.2. The Morgan fingerprint density at radius 1 is 1.26 bits per heavy atom. The summed E-state index contributed by atoms with van der Waals surface area (Å²) in [7, 11) is 0. The van der Waals surface area contributed by atoms with E-state index >= 15 is 0 Å². The summed E-state index contributed by atoms with van der Waals surface area (Å²) in [5.41, 5.74) is 8.03. The van der Waals surface area contributed by atoms with E-state index in [1.54, 1.807) is 12.1 Å². The first kappa shape index (κ1) is 14.2. The third kappa shape index (κ3) is 2.47. The summed E-state index contributed by atoms with van der Waals surface area (Å²) < 4.78 is 5.91. The van der Waals surface area contributed by atoms with Crippen LogP contribution in [0.25, 0.3) is 11.3 Å². The van der Waals surface area contributed by atoms with Gasteiger partial charge in [0.2, 0.25) is 0 Å². The predicted molar refractivity (Wildman–Crippen MR) is 87.3 cm³/mol. The van der Waals surface area contributed by atoms with Crippen molar-refractivity contribution in [2.24, 2.45) is 0 Å². The summed E-state index contributed by atoms with van der Waals surface area (Å²) in [4.78, 5) is 2.19. The fraction of sp³-hybridized carbons (Fsp3) is 0.375. The molecule has 2 aromatic rings. The molecule has 7 heteroatoms. The highest BCUT2D eigenvalue weighted by Crippen LogP contribution is 2.33. The molecule has 0 radical (unpaired) electrons. The van der Waals surface area contributed by atoms with E-state index in [2.05, 4.69) is 20.4 Å². The largest absolute Gasteiger partial charge is 0.507 e. The van der Waals surface area contributed by atoms with Gasteiger partial charge in [-0.2, -0.15) is 0 Å². The van der Waals surface area contributed by atoms with E-state index in [0.717, 1.165) is 31.9 Å². The van der Waals surface area contributed by atoms with Crippen LogP contribution in [0.1, 0.15) is 0 Å². The number of nitrogens with one attached hydrogen (secondary N) is 1. The van der Waals surface area contributed by atoms with E-state index in [0.29, 0.717) is 23.7 Å². The van der Waals surface area contributed by atoms with E-state index in [9.17, 15) is 5.11 Å².